The van der Waals surface area contributed by atoms with Crippen molar-refractivity contribution >= 4 is 5.97 Å². The summed E-state index contributed by atoms with van der Waals surface area (Å²) in [5.74, 6) is -1.94. The highest BCUT2D eigenvalue weighted by molar-refractivity contribution is 5.70. The minimum atomic E-state index is -0.877. The van der Waals surface area contributed by atoms with E-state index in [2.05, 4.69) is 5.32 Å². The van der Waals surface area contributed by atoms with Crippen LogP contribution in [0.25, 0.3) is 0 Å². The molecule has 17 heavy (non-hydrogen) atoms. The number of aliphatic carboxylic acids is 1. The standard InChI is InChI=1S/C12H13F2NO2/c13-5-9-8(2-1-3-10(9)14)11-4-7(6-15-11)12(16)17/h1-3,7,11,15H,4-6H2,(H,16,17). The molecule has 92 valence electrons. The van der Waals surface area contributed by atoms with Gasteiger partial charge in [-0.25, -0.2) is 8.78 Å². The second kappa shape index (κ2) is 4.79. The Labute approximate surface area is 97.5 Å². The Balaban J connectivity index is 2.24. The lowest BCUT2D eigenvalue weighted by atomic mass is 9.96. The van der Waals surface area contributed by atoms with Crippen molar-refractivity contribution in [3.8, 4) is 0 Å². The fourth-order valence-corrected chi connectivity index (χ4v) is 2.20. The SMILES string of the molecule is O=C(O)C1CNC(c2cccc(F)c2CF)C1. The van der Waals surface area contributed by atoms with E-state index in [-0.39, 0.29) is 11.6 Å². The van der Waals surface area contributed by atoms with Crippen LogP contribution in [0.5, 0.6) is 0 Å². The molecule has 5 heteroatoms. The lowest BCUT2D eigenvalue weighted by Crippen LogP contribution is -2.18. The van der Waals surface area contributed by atoms with Gasteiger partial charge in [0.15, 0.2) is 0 Å². The van der Waals surface area contributed by atoms with E-state index in [0.29, 0.717) is 18.5 Å². The summed E-state index contributed by atoms with van der Waals surface area (Å²) in [6, 6.07) is 4.08. The van der Waals surface area contributed by atoms with E-state index in [1.54, 1.807) is 6.07 Å². The van der Waals surface area contributed by atoms with Gasteiger partial charge in [-0.05, 0) is 18.1 Å². The molecular weight excluding hydrogens is 228 g/mol. The predicted octanol–water partition coefficient (Wildman–Crippen LogP) is 2.03. The molecule has 2 unspecified atom stereocenters. The number of halogens is 2. The van der Waals surface area contributed by atoms with Crippen molar-refractivity contribution < 1.29 is 18.7 Å². The van der Waals surface area contributed by atoms with E-state index in [4.69, 9.17) is 5.11 Å². The first-order valence-corrected chi connectivity index (χ1v) is 5.43. The topological polar surface area (TPSA) is 49.3 Å². The molecule has 0 saturated carbocycles. The molecule has 0 bridgehead atoms. The van der Waals surface area contributed by atoms with Crippen LogP contribution in [0, 0.1) is 11.7 Å². The van der Waals surface area contributed by atoms with Crippen LogP contribution in [0.15, 0.2) is 18.2 Å². The molecule has 1 heterocycles. The van der Waals surface area contributed by atoms with Gasteiger partial charge >= 0.3 is 5.97 Å². The average Bonchev–Trinajstić information content (AvgIpc) is 2.77. The molecule has 0 amide bonds. The lowest BCUT2D eigenvalue weighted by Gasteiger charge is -2.14. The average molecular weight is 241 g/mol. The number of benzene rings is 1. The first kappa shape index (κ1) is 12.0. The Kier molecular flexibility index (Phi) is 3.38. The van der Waals surface area contributed by atoms with Crippen molar-refractivity contribution in [3.63, 3.8) is 0 Å². The normalized spacial score (nSPS) is 23.9. The highest BCUT2D eigenvalue weighted by atomic mass is 19.1. The van der Waals surface area contributed by atoms with Gasteiger partial charge in [-0.3, -0.25) is 4.79 Å². The molecule has 0 aromatic heterocycles. The first-order chi connectivity index (χ1) is 8.13. The molecule has 2 atom stereocenters. The summed E-state index contributed by atoms with van der Waals surface area (Å²) in [5, 5.41) is 11.9. The van der Waals surface area contributed by atoms with Gasteiger partial charge in [-0.2, -0.15) is 0 Å². The van der Waals surface area contributed by atoms with Gasteiger partial charge in [0, 0.05) is 18.2 Å². The molecular formula is C12H13F2NO2. The molecule has 1 aromatic carbocycles. The quantitative estimate of drug-likeness (QED) is 0.851. The molecule has 1 aliphatic heterocycles. The van der Waals surface area contributed by atoms with Gasteiger partial charge in [-0.1, -0.05) is 12.1 Å². The van der Waals surface area contributed by atoms with E-state index >= 15 is 0 Å². The molecule has 3 nitrogen and oxygen atoms in total. The van der Waals surface area contributed by atoms with Crippen molar-refractivity contribution in [2.24, 2.45) is 5.92 Å². The maximum atomic E-state index is 13.4. The van der Waals surface area contributed by atoms with Crippen LogP contribution in [0.2, 0.25) is 0 Å². The molecule has 0 aliphatic carbocycles. The molecule has 1 aromatic rings. The number of alkyl halides is 1. The van der Waals surface area contributed by atoms with Crippen molar-refractivity contribution in [2.45, 2.75) is 19.1 Å². The number of carbonyl (C=O) groups is 1. The van der Waals surface area contributed by atoms with Gasteiger partial charge in [0.2, 0.25) is 0 Å². The van der Waals surface area contributed by atoms with Gasteiger partial charge < -0.3 is 10.4 Å². The predicted molar refractivity (Wildman–Crippen MR) is 57.7 cm³/mol. The van der Waals surface area contributed by atoms with Gasteiger partial charge in [0.25, 0.3) is 0 Å². The van der Waals surface area contributed by atoms with E-state index in [9.17, 15) is 13.6 Å². The molecule has 0 radical (unpaired) electrons. The van der Waals surface area contributed by atoms with Crippen molar-refractivity contribution in [3.05, 3.63) is 35.1 Å². The largest absolute Gasteiger partial charge is 0.481 e. The van der Waals surface area contributed by atoms with Gasteiger partial charge in [0.05, 0.1) is 5.92 Å². The van der Waals surface area contributed by atoms with E-state index in [1.165, 1.54) is 12.1 Å². The monoisotopic (exact) mass is 241 g/mol. The van der Waals surface area contributed by atoms with E-state index in [1.807, 2.05) is 0 Å². The van der Waals surface area contributed by atoms with Crippen LogP contribution in [0.4, 0.5) is 8.78 Å². The summed E-state index contributed by atoms with van der Waals surface area (Å²) < 4.78 is 26.1. The van der Waals surface area contributed by atoms with Crippen LogP contribution < -0.4 is 5.32 Å². The molecule has 2 N–H and O–H groups in total. The first-order valence-electron chi connectivity index (χ1n) is 5.43. The number of hydrogen-bond acceptors (Lipinski definition) is 2. The van der Waals surface area contributed by atoms with Crippen LogP contribution >= 0.6 is 0 Å². The summed E-state index contributed by atoms with van der Waals surface area (Å²) in [5.41, 5.74) is 0.548. The van der Waals surface area contributed by atoms with Gasteiger partial charge in [0.1, 0.15) is 12.5 Å². The number of hydrogen-bond donors (Lipinski definition) is 2. The van der Waals surface area contributed by atoms with Crippen molar-refractivity contribution in [2.75, 3.05) is 6.54 Å². The Morgan fingerprint density at radius 3 is 2.88 bits per heavy atom. The Bertz CT molecular complexity index is 437. The maximum absolute atomic E-state index is 13.4. The second-order valence-corrected chi connectivity index (χ2v) is 4.17. The highest BCUT2D eigenvalue weighted by Crippen LogP contribution is 2.30. The summed E-state index contributed by atoms with van der Waals surface area (Å²) >= 11 is 0. The minimum absolute atomic E-state index is 0.0241. The smallest absolute Gasteiger partial charge is 0.307 e. The third kappa shape index (κ3) is 2.29. The number of carboxylic acids is 1. The second-order valence-electron chi connectivity index (χ2n) is 4.17. The zero-order valence-corrected chi connectivity index (χ0v) is 9.12. The zero-order chi connectivity index (χ0) is 12.4. The van der Waals surface area contributed by atoms with Crippen molar-refractivity contribution in [1.82, 2.24) is 5.32 Å². The Hall–Kier alpha value is -1.49. The fourth-order valence-electron chi connectivity index (χ4n) is 2.20. The highest BCUT2D eigenvalue weighted by Gasteiger charge is 2.31. The molecule has 1 aliphatic rings. The maximum Gasteiger partial charge on any atom is 0.307 e. The van der Waals surface area contributed by atoms with Crippen LogP contribution in [0.1, 0.15) is 23.6 Å². The van der Waals surface area contributed by atoms with E-state index in [0.717, 1.165) is 0 Å². The van der Waals surface area contributed by atoms with Crippen LogP contribution in [0.3, 0.4) is 0 Å². The molecule has 2 rings (SSSR count). The summed E-state index contributed by atoms with van der Waals surface area (Å²) in [6.07, 6.45) is 0.367. The Morgan fingerprint density at radius 1 is 1.53 bits per heavy atom. The third-order valence-corrected chi connectivity index (χ3v) is 3.14. The summed E-state index contributed by atoms with van der Waals surface area (Å²) in [7, 11) is 0. The summed E-state index contributed by atoms with van der Waals surface area (Å²) in [6.45, 7) is -0.542. The zero-order valence-electron chi connectivity index (χ0n) is 9.12. The lowest BCUT2D eigenvalue weighted by molar-refractivity contribution is -0.141. The Morgan fingerprint density at radius 2 is 2.29 bits per heavy atom. The molecule has 1 saturated heterocycles. The molecule has 1 fully saturated rings. The van der Waals surface area contributed by atoms with Crippen LogP contribution in [-0.2, 0) is 11.5 Å². The fraction of sp³-hybridized carbons (Fsp3) is 0.417. The molecule has 0 spiro atoms. The van der Waals surface area contributed by atoms with E-state index < -0.39 is 24.4 Å². The van der Waals surface area contributed by atoms with Crippen molar-refractivity contribution in [1.29, 1.82) is 0 Å². The number of nitrogens with one attached hydrogen (secondary N) is 1. The van der Waals surface area contributed by atoms with Gasteiger partial charge in [-0.15, -0.1) is 0 Å². The minimum Gasteiger partial charge on any atom is -0.481 e. The number of rotatable bonds is 3. The number of carboxylic acid groups (broad SMARTS) is 1. The van der Waals surface area contributed by atoms with Crippen LogP contribution in [-0.4, -0.2) is 17.6 Å². The summed E-state index contributed by atoms with van der Waals surface area (Å²) in [4.78, 5) is 10.8. The third-order valence-electron chi connectivity index (χ3n) is 3.14.